The molecule has 0 bridgehead atoms. The SMILES string of the molecule is Cc1ccc(C(=O)Cc2cc(F)cc(CN3CCN(C(=O)CC(F)(F)F)[C@@H](C)C3)c2C)cn1. The number of carbonyl (C=O) groups is 2. The number of aromatic nitrogens is 1. The topological polar surface area (TPSA) is 53.5 Å². The third-order valence-corrected chi connectivity index (χ3v) is 5.95. The molecule has 1 aromatic heterocycles. The second kappa shape index (κ2) is 9.99. The second-order valence-electron chi connectivity index (χ2n) is 8.60. The Morgan fingerprint density at radius 3 is 2.42 bits per heavy atom. The van der Waals surface area contributed by atoms with E-state index in [4.69, 9.17) is 0 Å². The molecule has 0 N–H and O–H groups in total. The summed E-state index contributed by atoms with van der Waals surface area (Å²) in [6.07, 6.45) is -4.45. The Labute approximate surface area is 190 Å². The molecule has 33 heavy (non-hydrogen) atoms. The molecule has 2 heterocycles. The second-order valence-corrected chi connectivity index (χ2v) is 8.60. The highest BCUT2D eigenvalue weighted by Gasteiger charge is 2.36. The van der Waals surface area contributed by atoms with Gasteiger partial charge < -0.3 is 4.90 Å². The predicted molar refractivity (Wildman–Crippen MR) is 115 cm³/mol. The minimum absolute atomic E-state index is 0.0391. The number of ketones is 1. The first-order valence-electron chi connectivity index (χ1n) is 10.8. The Morgan fingerprint density at radius 2 is 1.82 bits per heavy atom. The van der Waals surface area contributed by atoms with Gasteiger partial charge in [-0.25, -0.2) is 4.39 Å². The number of rotatable bonds is 6. The van der Waals surface area contributed by atoms with Gasteiger partial charge in [-0.1, -0.05) is 0 Å². The molecule has 9 heteroatoms. The zero-order valence-electron chi connectivity index (χ0n) is 18.9. The molecular weight excluding hydrogens is 438 g/mol. The molecule has 1 amide bonds. The summed E-state index contributed by atoms with van der Waals surface area (Å²) < 4.78 is 52.1. The molecule has 0 radical (unpaired) electrons. The molecule has 0 unspecified atom stereocenters. The average Bonchev–Trinajstić information content (AvgIpc) is 2.70. The number of aryl methyl sites for hydroxylation is 1. The van der Waals surface area contributed by atoms with Crippen molar-refractivity contribution in [1.82, 2.24) is 14.8 Å². The first-order chi connectivity index (χ1) is 15.4. The fourth-order valence-corrected chi connectivity index (χ4v) is 4.11. The van der Waals surface area contributed by atoms with Crippen LogP contribution in [0.2, 0.25) is 0 Å². The van der Waals surface area contributed by atoms with Gasteiger partial charge in [-0.2, -0.15) is 13.2 Å². The number of Topliss-reactive ketones (excluding diaryl/α,β-unsaturated/α-hetero) is 1. The maximum Gasteiger partial charge on any atom is 0.397 e. The highest BCUT2D eigenvalue weighted by atomic mass is 19.4. The zero-order chi connectivity index (χ0) is 24.3. The minimum atomic E-state index is -4.53. The van der Waals surface area contributed by atoms with E-state index in [0.29, 0.717) is 36.3 Å². The van der Waals surface area contributed by atoms with Crippen LogP contribution in [0.3, 0.4) is 0 Å². The van der Waals surface area contributed by atoms with Crippen LogP contribution in [0.15, 0.2) is 30.5 Å². The van der Waals surface area contributed by atoms with Crippen LogP contribution in [0.1, 0.15) is 46.1 Å². The molecule has 1 aliphatic heterocycles. The standard InChI is InChI=1S/C24H27F4N3O2/c1-15-4-5-18(12-29-15)22(32)10-19-8-21(25)9-20(17(19)3)14-30-6-7-31(16(2)13-30)23(33)11-24(26,27)28/h4-5,8-9,12,16H,6-7,10-11,13-14H2,1-3H3/t16-/m0/s1. The summed E-state index contributed by atoms with van der Waals surface area (Å²) >= 11 is 0. The Hall–Kier alpha value is -2.81. The number of piperazine rings is 1. The van der Waals surface area contributed by atoms with E-state index in [1.54, 1.807) is 19.1 Å². The Bertz CT molecular complexity index is 1020. The summed E-state index contributed by atoms with van der Waals surface area (Å²) in [6.45, 7) is 6.68. The van der Waals surface area contributed by atoms with Gasteiger partial charge in [-0.05, 0) is 61.7 Å². The van der Waals surface area contributed by atoms with E-state index in [9.17, 15) is 27.2 Å². The van der Waals surface area contributed by atoms with Gasteiger partial charge in [0.05, 0.1) is 0 Å². The molecule has 1 aliphatic rings. The summed E-state index contributed by atoms with van der Waals surface area (Å²) in [5, 5.41) is 0. The maximum atomic E-state index is 14.4. The quantitative estimate of drug-likeness (QED) is 0.473. The molecule has 1 saturated heterocycles. The number of amides is 1. The van der Waals surface area contributed by atoms with E-state index in [0.717, 1.165) is 11.3 Å². The number of hydrogen-bond donors (Lipinski definition) is 0. The predicted octanol–water partition coefficient (Wildman–Crippen LogP) is 4.25. The van der Waals surface area contributed by atoms with E-state index in [-0.39, 0.29) is 18.7 Å². The van der Waals surface area contributed by atoms with Gasteiger partial charge in [0.2, 0.25) is 5.91 Å². The lowest BCUT2D eigenvalue weighted by molar-refractivity contribution is -0.164. The summed E-state index contributed by atoms with van der Waals surface area (Å²) in [7, 11) is 0. The van der Waals surface area contributed by atoms with Crippen molar-refractivity contribution in [2.45, 2.75) is 52.4 Å². The lowest BCUT2D eigenvalue weighted by Crippen LogP contribution is -2.54. The van der Waals surface area contributed by atoms with Crippen LogP contribution < -0.4 is 0 Å². The van der Waals surface area contributed by atoms with E-state index in [1.807, 2.05) is 18.7 Å². The number of pyridine rings is 1. The monoisotopic (exact) mass is 465 g/mol. The fraction of sp³-hybridized carbons (Fsp3) is 0.458. The lowest BCUT2D eigenvalue weighted by Gasteiger charge is -2.40. The van der Waals surface area contributed by atoms with Crippen molar-refractivity contribution in [2.24, 2.45) is 0 Å². The van der Waals surface area contributed by atoms with Crippen molar-refractivity contribution in [1.29, 1.82) is 0 Å². The number of alkyl halides is 3. The third-order valence-electron chi connectivity index (χ3n) is 5.95. The van der Waals surface area contributed by atoms with Crippen LogP contribution in [0.25, 0.3) is 0 Å². The molecule has 3 rings (SSSR count). The molecule has 0 saturated carbocycles. The van der Waals surface area contributed by atoms with Gasteiger partial charge in [-0.15, -0.1) is 0 Å². The normalized spacial score (nSPS) is 17.3. The zero-order valence-corrected chi connectivity index (χ0v) is 18.9. The molecule has 5 nitrogen and oxygen atoms in total. The van der Waals surface area contributed by atoms with Crippen LogP contribution in [0.4, 0.5) is 17.6 Å². The largest absolute Gasteiger partial charge is 0.397 e. The highest BCUT2D eigenvalue weighted by molar-refractivity contribution is 5.97. The fourth-order valence-electron chi connectivity index (χ4n) is 4.11. The molecular formula is C24H27F4N3O2. The summed E-state index contributed by atoms with van der Waals surface area (Å²) in [5.41, 5.74) is 3.35. The van der Waals surface area contributed by atoms with Gasteiger partial charge >= 0.3 is 6.18 Å². The minimum Gasteiger partial charge on any atom is -0.337 e. The van der Waals surface area contributed by atoms with E-state index < -0.39 is 30.4 Å². The van der Waals surface area contributed by atoms with Gasteiger partial charge in [-0.3, -0.25) is 19.5 Å². The summed E-state index contributed by atoms with van der Waals surface area (Å²) in [4.78, 5) is 32.0. The smallest absolute Gasteiger partial charge is 0.337 e. The first-order valence-corrected chi connectivity index (χ1v) is 10.8. The summed E-state index contributed by atoms with van der Waals surface area (Å²) in [5.74, 6) is -1.54. The van der Waals surface area contributed by atoms with Crippen molar-refractivity contribution in [3.63, 3.8) is 0 Å². The number of benzene rings is 1. The van der Waals surface area contributed by atoms with E-state index in [1.165, 1.54) is 23.2 Å². The molecule has 2 aromatic rings. The molecule has 0 spiro atoms. The van der Waals surface area contributed by atoms with Crippen LogP contribution in [0, 0.1) is 19.7 Å². The van der Waals surface area contributed by atoms with E-state index in [2.05, 4.69) is 4.98 Å². The first kappa shape index (κ1) is 24.8. The number of hydrogen-bond acceptors (Lipinski definition) is 4. The molecule has 0 aliphatic carbocycles. The van der Waals surface area contributed by atoms with Crippen molar-refractivity contribution in [3.8, 4) is 0 Å². The van der Waals surface area contributed by atoms with Crippen molar-refractivity contribution in [2.75, 3.05) is 19.6 Å². The van der Waals surface area contributed by atoms with Crippen molar-refractivity contribution < 1.29 is 27.2 Å². The Morgan fingerprint density at radius 1 is 1.12 bits per heavy atom. The number of halogens is 4. The van der Waals surface area contributed by atoms with E-state index >= 15 is 0 Å². The Balaban J connectivity index is 1.68. The van der Waals surface area contributed by atoms with Crippen LogP contribution in [0.5, 0.6) is 0 Å². The maximum absolute atomic E-state index is 14.4. The molecule has 1 atom stereocenters. The molecule has 1 aromatic carbocycles. The van der Waals surface area contributed by atoms with Gasteiger partial charge in [0.15, 0.2) is 5.78 Å². The number of nitrogens with zero attached hydrogens (tertiary/aromatic N) is 3. The van der Waals surface area contributed by atoms with Gasteiger partial charge in [0, 0.05) is 56.1 Å². The number of carbonyl (C=O) groups excluding carboxylic acids is 2. The van der Waals surface area contributed by atoms with Crippen LogP contribution >= 0.6 is 0 Å². The molecule has 1 fully saturated rings. The van der Waals surface area contributed by atoms with Crippen LogP contribution in [-0.2, 0) is 17.8 Å². The summed E-state index contributed by atoms with van der Waals surface area (Å²) in [6, 6.07) is 5.83. The third kappa shape index (κ3) is 6.60. The van der Waals surface area contributed by atoms with Crippen molar-refractivity contribution in [3.05, 3.63) is 64.2 Å². The van der Waals surface area contributed by atoms with Crippen LogP contribution in [-0.4, -0.2) is 58.3 Å². The van der Waals surface area contributed by atoms with Crippen molar-refractivity contribution >= 4 is 11.7 Å². The highest BCUT2D eigenvalue weighted by Crippen LogP contribution is 2.24. The molecule has 178 valence electrons. The van der Waals surface area contributed by atoms with Gasteiger partial charge in [0.25, 0.3) is 0 Å². The Kier molecular flexibility index (Phi) is 7.51. The lowest BCUT2D eigenvalue weighted by atomic mass is 9.95. The van der Waals surface area contributed by atoms with Gasteiger partial charge in [0.1, 0.15) is 12.2 Å². The average molecular weight is 465 g/mol.